The number of piperidine rings is 1. The quantitative estimate of drug-likeness (QED) is 0.708. The van der Waals surface area contributed by atoms with Crippen LogP contribution in [-0.2, 0) is 10.0 Å². The van der Waals surface area contributed by atoms with E-state index in [1.54, 1.807) is 35.2 Å². The lowest BCUT2D eigenvalue weighted by atomic mass is 10.1. The third kappa shape index (κ3) is 4.82. The van der Waals surface area contributed by atoms with Crippen molar-refractivity contribution in [3.05, 3.63) is 58.6 Å². The number of rotatable bonds is 5. The molecule has 1 N–H and O–H groups in total. The Labute approximate surface area is 193 Å². The Bertz CT molecular complexity index is 1120. The number of nitrogens with zero attached hydrogens (tertiary/aromatic N) is 2. The van der Waals surface area contributed by atoms with E-state index in [4.69, 9.17) is 11.6 Å². The molecule has 2 heterocycles. The van der Waals surface area contributed by atoms with Crippen molar-refractivity contribution in [2.24, 2.45) is 0 Å². The molecule has 0 radical (unpaired) electrons. The molecular formula is C23H26ClN3O4S. The van der Waals surface area contributed by atoms with Crippen LogP contribution in [-0.4, -0.2) is 55.6 Å². The summed E-state index contributed by atoms with van der Waals surface area (Å²) in [5.74, 6) is -0.666. The molecule has 2 aliphatic heterocycles. The summed E-state index contributed by atoms with van der Waals surface area (Å²) in [5, 5.41) is 3.17. The SMILES string of the molecule is O=C(Nc1ccc(Cl)cc1C(=O)N1CCCC1)c1cccc(S(=O)(=O)N2CCCCC2)c1. The van der Waals surface area contributed by atoms with E-state index in [2.05, 4.69) is 5.32 Å². The molecule has 0 bridgehead atoms. The second-order valence-electron chi connectivity index (χ2n) is 8.14. The molecule has 32 heavy (non-hydrogen) atoms. The van der Waals surface area contributed by atoms with E-state index in [1.807, 2.05) is 0 Å². The van der Waals surface area contributed by atoms with E-state index in [0.717, 1.165) is 32.1 Å². The fourth-order valence-electron chi connectivity index (χ4n) is 4.14. The highest BCUT2D eigenvalue weighted by Gasteiger charge is 2.27. The van der Waals surface area contributed by atoms with E-state index in [0.29, 0.717) is 42.5 Å². The van der Waals surface area contributed by atoms with Crippen molar-refractivity contribution in [1.29, 1.82) is 0 Å². The maximum Gasteiger partial charge on any atom is 0.256 e. The number of hydrogen-bond donors (Lipinski definition) is 1. The van der Waals surface area contributed by atoms with Gasteiger partial charge in [0.1, 0.15) is 0 Å². The number of carbonyl (C=O) groups is 2. The Kier molecular flexibility index (Phi) is 6.83. The Morgan fingerprint density at radius 3 is 2.28 bits per heavy atom. The zero-order chi connectivity index (χ0) is 22.7. The van der Waals surface area contributed by atoms with E-state index in [9.17, 15) is 18.0 Å². The van der Waals surface area contributed by atoms with Crippen molar-refractivity contribution < 1.29 is 18.0 Å². The lowest BCUT2D eigenvalue weighted by molar-refractivity contribution is 0.0794. The first-order valence-corrected chi connectivity index (χ1v) is 12.7. The maximum atomic E-state index is 13.0. The summed E-state index contributed by atoms with van der Waals surface area (Å²) in [5.41, 5.74) is 0.878. The average Bonchev–Trinajstić information content (AvgIpc) is 3.35. The average molecular weight is 476 g/mol. The molecule has 2 aromatic rings. The van der Waals surface area contributed by atoms with Gasteiger partial charge in [0.15, 0.2) is 0 Å². The van der Waals surface area contributed by atoms with Crippen molar-refractivity contribution in [2.45, 2.75) is 37.0 Å². The number of carbonyl (C=O) groups excluding carboxylic acids is 2. The molecule has 0 spiro atoms. The first-order chi connectivity index (χ1) is 15.4. The topological polar surface area (TPSA) is 86.8 Å². The van der Waals surface area contributed by atoms with Crippen molar-refractivity contribution in [1.82, 2.24) is 9.21 Å². The summed E-state index contributed by atoms with van der Waals surface area (Å²) in [6.07, 6.45) is 4.60. The van der Waals surface area contributed by atoms with Crippen LogP contribution in [0, 0.1) is 0 Å². The Balaban J connectivity index is 1.57. The largest absolute Gasteiger partial charge is 0.339 e. The second kappa shape index (κ2) is 9.60. The minimum Gasteiger partial charge on any atom is -0.339 e. The molecule has 7 nitrogen and oxygen atoms in total. The van der Waals surface area contributed by atoms with E-state index in [1.165, 1.54) is 16.4 Å². The van der Waals surface area contributed by atoms with Gasteiger partial charge in [-0.3, -0.25) is 9.59 Å². The smallest absolute Gasteiger partial charge is 0.256 e. The van der Waals surface area contributed by atoms with Crippen LogP contribution < -0.4 is 5.32 Å². The van der Waals surface area contributed by atoms with Gasteiger partial charge < -0.3 is 10.2 Å². The number of amides is 2. The normalized spacial score (nSPS) is 17.3. The Morgan fingerprint density at radius 1 is 0.875 bits per heavy atom. The van der Waals surface area contributed by atoms with Gasteiger partial charge in [-0.2, -0.15) is 4.31 Å². The predicted molar refractivity (Wildman–Crippen MR) is 124 cm³/mol. The van der Waals surface area contributed by atoms with Crippen LogP contribution in [0.15, 0.2) is 47.4 Å². The summed E-state index contributed by atoms with van der Waals surface area (Å²) in [6.45, 7) is 2.33. The Hall–Kier alpha value is -2.42. The molecule has 9 heteroatoms. The number of anilines is 1. The van der Waals surface area contributed by atoms with Gasteiger partial charge in [0.2, 0.25) is 10.0 Å². The first kappa shape index (κ1) is 22.8. The van der Waals surface area contributed by atoms with Gasteiger partial charge in [-0.1, -0.05) is 24.1 Å². The third-order valence-corrected chi connectivity index (χ3v) is 8.03. The summed E-state index contributed by atoms with van der Waals surface area (Å²) >= 11 is 6.11. The standard InChI is InChI=1S/C23H26ClN3O4S/c24-18-9-10-21(20(16-18)23(29)26-11-4-5-12-26)25-22(28)17-7-6-8-19(15-17)32(30,31)27-13-2-1-3-14-27/h6-10,15-16H,1-5,11-14H2,(H,25,28). The zero-order valence-corrected chi connectivity index (χ0v) is 19.3. The van der Waals surface area contributed by atoms with Crippen LogP contribution in [0.25, 0.3) is 0 Å². The Morgan fingerprint density at radius 2 is 1.56 bits per heavy atom. The van der Waals surface area contributed by atoms with Crippen LogP contribution >= 0.6 is 11.6 Å². The van der Waals surface area contributed by atoms with Gasteiger partial charge in [-0.25, -0.2) is 8.42 Å². The molecule has 0 aliphatic carbocycles. The minimum absolute atomic E-state index is 0.0940. The van der Waals surface area contributed by atoms with E-state index in [-0.39, 0.29) is 16.4 Å². The molecule has 2 aromatic carbocycles. The summed E-state index contributed by atoms with van der Waals surface area (Å²) in [6, 6.07) is 10.8. The van der Waals surface area contributed by atoms with Crippen LogP contribution in [0.4, 0.5) is 5.69 Å². The molecule has 0 unspecified atom stereocenters. The first-order valence-electron chi connectivity index (χ1n) is 10.9. The van der Waals surface area contributed by atoms with E-state index >= 15 is 0 Å². The molecule has 2 aliphatic rings. The molecule has 2 fully saturated rings. The van der Waals surface area contributed by atoms with Gasteiger partial charge >= 0.3 is 0 Å². The molecule has 170 valence electrons. The highest BCUT2D eigenvalue weighted by molar-refractivity contribution is 7.89. The molecule has 0 saturated carbocycles. The van der Waals surface area contributed by atoms with Crippen LogP contribution in [0.5, 0.6) is 0 Å². The third-order valence-electron chi connectivity index (χ3n) is 5.90. The van der Waals surface area contributed by atoms with Gasteiger partial charge in [0, 0.05) is 36.8 Å². The van der Waals surface area contributed by atoms with Crippen molar-refractivity contribution in [2.75, 3.05) is 31.5 Å². The fraction of sp³-hybridized carbons (Fsp3) is 0.391. The summed E-state index contributed by atoms with van der Waals surface area (Å²) in [7, 11) is -3.65. The van der Waals surface area contributed by atoms with Gasteiger partial charge in [-0.15, -0.1) is 0 Å². The van der Waals surface area contributed by atoms with Crippen LogP contribution in [0.3, 0.4) is 0 Å². The summed E-state index contributed by atoms with van der Waals surface area (Å²) < 4.78 is 27.4. The van der Waals surface area contributed by atoms with Gasteiger partial charge in [-0.05, 0) is 62.1 Å². The molecule has 0 aromatic heterocycles. The highest BCUT2D eigenvalue weighted by atomic mass is 35.5. The number of hydrogen-bond acceptors (Lipinski definition) is 4. The minimum atomic E-state index is -3.65. The molecule has 4 rings (SSSR count). The lowest BCUT2D eigenvalue weighted by Crippen LogP contribution is -2.35. The molecule has 2 amide bonds. The van der Waals surface area contributed by atoms with Crippen molar-refractivity contribution in [3.63, 3.8) is 0 Å². The fourth-order valence-corrected chi connectivity index (χ4v) is 5.88. The summed E-state index contributed by atoms with van der Waals surface area (Å²) in [4.78, 5) is 27.7. The maximum absolute atomic E-state index is 13.0. The molecule has 0 atom stereocenters. The van der Waals surface area contributed by atoms with Gasteiger partial charge in [0.05, 0.1) is 16.1 Å². The molecule has 2 saturated heterocycles. The molecular weight excluding hydrogens is 450 g/mol. The number of nitrogens with one attached hydrogen (secondary N) is 1. The lowest BCUT2D eigenvalue weighted by Gasteiger charge is -2.26. The van der Waals surface area contributed by atoms with Crippen LogP contribution in [0.1, 0.15) is 52.8 Å². The second-order valence-corrected chi connectivity index (χ2v) is 10.5. The zero-order valence-electron chi connectivity index (χ0n) is 17.7. The van der Waals surface area contributed by atoms with E-state index < -0.39 is 15.9 Å². The predicted octanol–water partition coefficient (Wildman–Crippen LogP) is 4.00. The highest BCUT2D eigenvalue weighted by Crippen LogP contribution is 2.26. The number of benzene rings is 2. The van der Waals surface area contributed by atoms with Crippen molar-refractivity contribution in [3.8, 4) is 0 Å². The number of sulfonamides is 1. The number of halogens is 1. The van der Waals surface area contributed by atoms with Crippen LogP contribution in [0.2, 0.25) is 5.02 Å². The monoisotopic (exact) mass is 475 g/mol. The van der Waals surface area contributed by atoms with Crippen molar-refractivity contribution >= 4 is 39.1 Å². The number of likely N-dealkylation sites (tertiary alicyclic amines) is 1. The van der Waals surface area contributed by atoms with Gasteiger partial charge in [0.25, 0.3) is 11.8 Å².